The summed E-state index contributed by atoms with van der Waals surface area (Å²) < 4.78 is 44.6. The van der Waals surface area contributed by atoms with Crippen LogP contribution in [0.2, 0.25) is 0 Å². The molecule has 0 spiro atoms. The molecule has 0 atom stereocenters. The van der Waals surface area contributed by atoms with Crippen LogP contribution in [0, 0.1) is 0 Å². The number of hydrogen-bond acceptors (Lipinski definition) is 3. The molecule has 1 saturated heterocycles. The zero-order valence-corrected chi connectivity index (χ0v) is 10.5. The Labute approximate surface area is 110 Å². The number of rotatable bonds is 2. The first-order chi connectivity index (χ1) is 9.02. The standard InChI is InChI=1S/C13H17F3N2O/c14-13(15,16)11-8-10(9-17)2-3-12(11)18-4-1-6-19-7-5-18/h2-3,8H,1,4-7,9,17H2. The first-order valence-electron chi connectivity index (χ1n) is 6.25. The molecule has 3 nitrogen and oxygen atoms in total. The summed E-state index contributed by atoms with van der Waals surface area (Å²) in [5.41, 5.74) is 5.51. The van der Waals surface area contributed by atoms with Crippen LogP contribution in [-0.4, -0.2) is 26.3 Å². The summed E-state index contributed by atoms with van der Waals surface area (Å²) in [6.45, 7) is 2.21. The fourth-order valence-corrected chi connectivity index (χ4v) is 2.20. The van der Waals surface area contributed by atoms with Crippen molar-refractivity contribution >= 4 is 5.69 Å². The van der Waals surface area contributed by atoms with Gasteiger partial charge in [0, 0.05) is 31.9 Å². The van der Waals surface area contributed by atoms with E-state index in [1.165, 1.54) is 6.07 Å². The molecular formula is C13H17F3N2O. The van der Waals surface area contributed by atoms with E-state index in [4.69, 9.17) is 10.5 Å². The zero-order chi connectivity index (χ0) is 13.9. The van der Waals surface area contributed by atoms with Crippen LogP contribution in [0.5, 0.6) is 0 Å². The quantitative estimate of drug-likeness (QED) is 0.900. The number of nitrogens with zero attached hydrogens (tertiary/aromatic N) is 1. The van der Waals surface area contributed by atoms with Gasteiger partial charge in [-0.05, 0) is 24.1 Å². The van der Waals surface area contributed by atoms with Crippen LogP contribution in [0.1, 0.15) is 17.5 Å². The number of benzene rings is 1. The third-order valence-electron chi connectivity index (χ3n) is 3.17. The summed E-state index contributed by atoms with van der Waals surface area (Å²) in [4.78, 5) is 1.73. The first-order valence-corrected chi connectivity index (χ1v) is 6.25. The van der Waals surface area contributed by atoms with E-state index in [2.05, 4.69) is 0 Å². The maximum Gasteiger partial charge on any atom is 0.418 e. The van der Waals surface area contributed by atoms with Gasteiger partial charge in [0.1, 0.15) is 0 Å². The van der Waals surface area contributed by atoms with Crippen LogP contribution >= 0.6 is 0 Å². The van der Waals surface area contributed by atoms with Crippen LogP contribution in [0.3, 0.4) is 0 Å². The molecule has 2 rings (SSSR count). The van der Waals surface area contributed by atoms with Crippen molar-refractivity contribution in [2.45, 2.75) is 19.1 Å². The minimum Gasteiger partial charge on any atom is -0.380 e. The lowest BCUT2D eigenvalue weighted by Gasteiger charge is -2.26. The molecule has 6 heteroatoms. The number of alkyl halides is 3. The summed E-state index contributed by atoms with van der Waals surface area (Å²) in [5, 5.41) is 0. The molecule has 0 aliphatic carbocycles. The summed E-state index contributed by atoms with van der Waals surface area (Å²) in [6.07, 6.45) is -3.64. The smallest absolute Gasteiger partial charge is 0.380 e. The van der Waals surface area contributed by atoms with Crippen LogP contribution in [-0.2, 0) is 17.5 Å². The molecule has 1 aliphatic heterocycles. The normalized spacial score (nSPS) is 17.4. The maximum absolute atomic E-state index is 13.1. The summed E-state index contributed by atoms with van der Waals surface area (Å²) in [6, 6.07) is 4.30. The van der Waals surface area contributed by atoms with Gasteiger partial charge in [-0.1, -0.05) is 6.07 Å². The summed E-state index contributed by atoms with van der Waals surface area (Å²) in [5.74, 6) is 0. The lowest BCUT2D eigenvalue weighted by atomic mass is 10.1. The van der Waals surface area contributed by atoms with Gasteiger partial charge in [0.05, 0.1) is 12.2 Å². The largest absolute Gasteiger partial charge is 0.418 e. The second-order valence-electron chi connectivity index (χ2n) is 4.51. The highest BCUT2D eigenvalue weighted by atomic mass is 19.4. The van der Waals surface area contributed by atoms with Gasteiger partial charge in [-0.25, -0.2) is 0 Å². The Hall–Kier alpha value is -1.27. The van der Waals surface area contributed by atoms with Crippen LogP contribution in [0.4, 0.5) is 18.9 Å². The van der Waals surface area contributed by atoms with E-state index in [1.807, 2.05) is 0 Å². The van der Waals surface area contributed by atoms with Crippen LogP contribution < -0.4 is 10.6 Å². The zero-order valence-electron chi connectivity index (χ0n) is 10.5. The average Bonchev–Trinajstić information content (AvgIpc) is 2.65. The monoisotopic (exact) mass is 274 g/mol. The molecule has 1 aromatic rings. The number of ether oxygens (including phenoxy) is 1. The van der Waals surface area contributed by atoms with Gasteiger partial charge >= 0.3 is 6.18 Å². The number of halogens is 3. The summed E-state index contributed by atoms with van der Waals surface area (Å²) >= 11 is 0. The van der Waals surface area contributed by atoms with Gasteiger partial charge in [-0.3, -0.25) is 0 Å². The van der Waals surface area contributed by atoms with Crippen molar-refractivity contribution < 1.29 is 17.9 Å². The fourth-order valence-electron chi connectivity index (χ4n) is 2.20. The van der Waals surface area contributed by atoms with Crippen molar-refractivity contribution in [3.63, 3.8) is 0 Å². The van der Waals surface area contributed by atoms with E-state index >= 15 is 0 Å². The van der Waals surface area contributed by atoms with E-state index in [1.54, 1.807) is 11.0 Å². The average molecular weight is 274 g/mol. The second-order valence-corrected chi connectivity index (χ2v) is 4.51. The third-order valence-corrected chi connectivity index (χ3v) is 3.17. The predicted octanol–water partition coefficient (Wildman–Crippen LogP) is 2.39. The topological polar surface area (TPSA) is 38.5 Å². The van der Waals surface area contributed by atoms with Crippen molar-refractivity contribution in [2.24, 2.45) is 5.73 Å². The Balaban J connectivity index is 2.37. The van der Waals surface area contributed by atoms with Gasteiger partial charge < -0.3 is 15.4 Å². The number of anilines is 1. The molecule has 19 heavy (non-hydrogen) atoms. The lowest BCUT2D eigenvalue weighted by Crippen LogP contribution is -2.28. The lowest BCUT2D eigenvalue weighted by molar-refractivity contribution is -0.137. The highest BCUT2D eigenvalue weighted by molar-refractivity contribution is 5.56. The molecule has 0 radical (unpaired) electrons. The molecule has 0 amide bonds. The minimum atomic E-state index is -4.37. The molecular weight excluding hydrogens is 257 g/mol. The molecule has 1 fully saturated rings. The highest BCUT2D eigenvalue weighted by Gasteiger charge is 2.35. The molecule has 0 saturated carbocycles. The number of hydrogen-bond donors (Lipinski definition) is 1. The summed E-state index contributed by atoms with van der Waals surface area (Å²) in [7, 11) is 0. The highest BCUT2D eigenvalue weighted by Crippen LogP contribution is 2.37. The van der Waals surface area contributed by atoms with Gasteiger partial charge in [0.2, 0.25) is 0 Å². The molecule has 2 N–H and O–H groups in total. The fraction of sp³-hybridized carbons (Fsp3) is 0.538. The maximum atomic E-state index is 13.1. The van der Waals surface area contributed by atoms with E-state index in [0.29, 0.717) is 31.9 Å². The van der Waals surface area contributed by atoms with Gasteiger partial charge in [-0.15, -0.1) is 0 Å². The molecule has 1 aliphatic rings. The molecule has 0 bridgehead atoms. The molecule has 0 unspecified atom stereocenters. The number of nitrogens with two attached hydrogens (primary N) is 1. The van der Waals surface area contributed by atoms with Crippen molar-refractivity contribution in [3.05, 3.63) is 29.3 Å². The van der Waals surface area contributed by atoms with Crippen molar-refractivity contribution in [1.29, 1.82) is 0 Å². The molecule has 106 valence electrons. The molecule has 1 aromatic carbocycles. The van der Waals surface area contributed by atoms with Crippen LogP contribution in [0.25, 0.3) is 0 Å². The van der Waals surface area contributed by atoms with Gasteiger partial charge in [0.15, 0.2) is 0 Å². The van der Waals surface area contributed by atoms with E-state index in [-0.39, 0.29) is 12.2 Å². The predicted molar refractivity (Wildman–Crippen MR) is 67.0 cm³/mol. The minimum absolute atomic E-state index is 0.104. The van der Waals surface area contributed by atoms with E-state index in [9.17, 15) is 13.2 Å². The van der Waals surface area contributed by atoms with E-state index in [0.717, 1.165) is 12.5 Å². The Morgan fingerprint density at radius 1 is 1.21 bits per heavy atom. The van der Waals surface area contributed by atoms with Crippen LogP contribution in [0.15, 0.2) is 18.2 Å². The SMILES string of the molecule is NCc1ccc(N2CCCOCC2)c(C(F)(F)F)c1. The van der Waals surface area contributed by atoms with Crippen molar-refractivity contribution in [2.75, 3.05) is 31.2 Å². The van der Waals surface area contributed by atoms with Crippen molar-refractivity contribution in [3.8, 4) is 0 Å². The Bertz CT molecular complexity index is 426. The first kappa shape index (κ1) is 14.1. The van der Waals surface area contributed by atoms with Gasteiger partial charge in [0.25, 0.3) is 0 Å². The molecule has 0 aromatic heterocycles. The van der Waals surface area contributed by atoms with Crippen molar-refractivity contribution in [1.82, 2.24) is 0 Å². The Kier molecular flexibility index (Phi) is 4.31. The van der Waals surface area contributed by atoms with Gasteiger partial charge in [-0.2, -0.15) is 13.2 Å². The Morgan fingerprint density at radius 2 is 2.00 bits per heavy atom. The Morgan fingerprint density at radius 3 is 2.68 bits per heavy atom. The second kappa shape index (κ2) is 5.79. The van der Waals surface area contributed by atoms with E-state index < -0.39 is 11.7 Å². The molecule has 1 heterocycles. The third kappa shape index (κ3) is 3.39.